The molecule has 92 valence electrons. The Morgan fingerprint density at radius 1 is 1.00 bits per heavy atom. The lowest BCUT2D eigenvalue weighted by Gasteiger charge is -2.22. The molecule has 0 rings (SSSR count). The van der Waals surface area contributed by atoms with Crippen LogP contribution in [0.25, 0.3) is 0 Å². The van der Waals surface area contributed by atoms with Crippen LogP contribution in [-0.2, 0) is 0 Å². The molecule has 0 aliphatic heterocycles. The van der Waals surface area contributed by atoms with Crippen molar-refractivity contribution in [2.24, 2.45) is 21.6 Å². The molecule has 0 aliphatic carbocycles. The Morgan fingerprint density at radius 2 is 1.50 bits per heavy atom. The first-order valence-corrected chi connectivity index (χ1v) is 5.76. The molecule has 0 unspecified atom stereocenters. The molecule has 0 aromatic carbocycles. The van der Waals surface area contributed by atoms with Gasteiger partial charge >= 0.3 is 0 Å². The highest BCUT2D eigenvalue weighted by Crippen LogP contribution is 2.27. The zero-order valence-corrected chi connectivity index (χ0v) is 11.8. The van der Waals surface area contributed by atoms with Gasteiger partial charge in [-0.05, 0) is 17.9 Å². The van der Waals surface area contributed by atoms with Crippen molar-refractivity contribution >= 4 is 6.21 Å². The van der Waals surface area contributed by atoms with Crippen LogP contribution in [0.3, 0.4) is 0 Å². The predicted molar refractivity (Wildman–Crippen MR) is 73.4 cm³/mol. The highest BCUT2D eigenvalue weighted by atomic mass is 14.8. The van der Waals surface area contributed by atoms with E-state index in [2.05, 4.69) is 52.6 Å². The summed E-state index contributed by atoms with van der Waals surface area (Å²) >= 11 is 0. The number of hydrogen-bond acceptors (Lipinski definition) is 2. The Balaban J connectivity index is 4.99. The number of aliphatic imine (C=N–C) groups is 1. The second-order valence-corrected chi connectivity index (χ2v) is 6.05. The fourth-order valence-corrected chi connectivity index (χ4v) is 1.33. The fraction of sp³-hybridized carbons (Fsp3) is 0.643. The lowest BCUT2D eigenvalue weighted by Crippen LogP contribution is -2.13. The summed E-state index contributed by atoms with van der Waals surface area (Å²) in [6.45, 7) is 14.9. The number of nitrogens with two attached hydrogens (primary N) is 1. The van der Waals surface area contributed by atoms with Crippen molar-refractivity contribution < 1.29 is 0 Å². The number of allylic oxidation sites excluding steroid dienone is 3. The molecule has 0 spiro atoms. The van der Waals surface area contributed by atoms with Crippen molar-refractivity contribution in [2.75, 3.05) is 0 Å². The summed E-state index contributed by atoms with van der Waals surface area (Å²) in [4.78, 5) is 4.49. The van der Waals surface area contributed by atoms with Crippen LogP contribution in [0.1, 0.15) is 48.5 Å². The zero-order valence-electron chi connectivity index (χ0n) is 11.8. The van der Waals surface area contributed by atoms with Crippen LogP contribution < -0.4 is 5.73 Å². The zero-order chi connectivity index (χ0) is 13.0. The fourth-order valence-electron chi connectivity index (χ4n) is 1.33. The Bertz CT molecular complexity index is 275. The lowest BCUT2D eigenvalue weighted by atomic mass is 9.86. The first-order valence-electron chi connectivity index (χ1n) is 5.76. The van der Waals surface area contributed by atoms with Gasteiger partial charge in [0.25, 0.3) is 0 Å². The third kappa shape index (κ3) is 4.65. The van der Waals surface area contributed by atoms with Gasteiger partial charge in [0.05, 0.1) is 5.70 Å². The largest absolute Gasteiger partial charge is 0.403 e. The summed E-state index contributed by atoms with van der Waals surface area (Å²) in [6, 6.07) is 0. The SMILES string of the molecule is C\C=C(/C=N\C(=C/N)C(C)(C)C)C(C)(C)C. The molecule has 0 atom stereocenters. The van der Waals surface area contributed by atoms with Crippen LogP contribution in [0, 0.1) is 10.8 Å². The predicted octanol–water partition coefficient (Wildman–Crippen LogP) is 3.90. The summed E-state index contributed by atoms with van der Waals surface area (Å²) in [5, 5.41) is 0. The molecule has 0 saturated carbocycles. The Kier molecular flexibility index (Phi) is 4.98. The first-order chi connectivity index (χ1) is 7.12. The van der Waals surface area contributed by atoms with Gasteiger partial charge in [0, 0.05) is 17.8 Å². The van der Waals surface area contributed by atoms with E-state index in [4.69, 9.17) is 5.73 Å². The molecule has 0 heterocycles. The van der Waals surface area contributed by atoms with Crippen molar-refractivity contribution in [3.63, 3.8) is 0 Å². The van der Waals surface area contributed by atoms with Crippen LogP contribution in [0.2, 0.25) is 0 Å². The number of nitrogens with zero attached hydrogens (tertiary/aromatic N) is 1. The molecule has 2 N–H and O–H groups in total. The molecule has 0 saturated heterocycles. The van der Waals surface area contributed by atoms with Gasteiger partial charge in [-0.3, -0.25) is 4.99 Å². The van der Waals surface area contributed by atoms with E-state index in [0.29, 0.717) is 0 Å². The lowest BCUT2D eigenvalue weighted by molar-refractivity contribution is 0.495. The van der Waals surface area contributed by atoms with Crippen LogP contribution >= 0.6 is 0 Å². The topological polar surface area (TPSA) is 38.4 Å². The van der Waals surface area contributed by atoms with E-state index in [1.54, 1.807) is 6.20 Å². The van der Waals surface area contributed by atoms with Gasteiger partial charge in [-0.1, -0.05) is 47.6 Å². The van der Waals surface area contributed by atoms with Gasteiger partial charge in [0.2, 0.25) is 0 Å². The van der Waals surface area contributed by atoms with E-state index >= 15 is 0 Å². The molecule has 0 aromatic rings. The van der Waals surface area contributed by atoms with Crippen molar-refractivity contribution in [3.05, 3.63) is 23.5 Å². The minimum Gasteiger partial charge on any atom is -0.403 e. The molecule has 0 fully saturated rings. The smallest absolute Gasteiger partial charge is 0.0611 e. The first kappa shape index (κ1) is 14.9. The second kappa shape index (κ2) is 5.33. The van der Waals surface area contributed by atoms with Crippen LogP contribution in [0.5, 0.6) is 0 Å². The maximum absolute atomic E-state index is 5.60. The van der Waals surface area contributed by atoms with Gasteiger partial charge in [-0.2, -0.15) is 0 Å². The van der Waals surface area contributed by atoms with Gasteiger partial charge in [0.1, 0.15) is 0 Å². The molecule has 2 heteroatoms. The van der Waals surface area contributed by atoms with Gasteiger partial charge in [0.15, 0.2) is 0 Å². The van der Waals surface area contributed by atoms with Gasteiger partial charge < -0.3 is 5.73 Å². The minimum absolute atomic E-state index is 0.0119. The van der Waals surface area contributed by atoms with E-state index in [1.165, 1.54) is 5.57 Å². The van der Waals surface area contributed by atoms with E-state index in [1.807, 2.05) is 13.1 Å². The average Bonchev–Trinajstić information content (AvgIpc) is 2.08. The summed E-state index contributed by atoms with van der Waals surface area (Å²) in [6.07, 6.45) is 5.61. The highest BCUT2D eigenvalue weighted by molar-refractivity contribution is 5.80. The summed E-state index contributed by atoms with van der Waals surface area (Å²) in [5.74, 6) is 0. The molecular formula is C14H26N2. The molecular weight excluding hydrogens is 196 g/mol. The van der Waals surface area contributed by atoms with Crippen molar-refractivity contribution in [1.82, 2.24) is 0 Å². The summed E-state index contributed by atoms with van der Waals surface area (Å²) in [7, 11) is 0. The van der Waals surface area contributed by atoms with Crippen molar-refractivity contribution in [1.29, 1.82) is 0 Å². The molecule has 0 amide bonds. The average molecular weight is 222 g/mol. The summed E-state index contributed by atoms with van der Waals surface area (Å²) in [5.41, 5.74) is 7.84. The normalized spacial score (nSPS) is 15.9. The molecule has 0 aromatic heterocycles. The van der Waals surface area contributed by atoms with E-state index in [0.717, 1.165) is 5.70 Å². The van der Waals surface area contributed by atoms with E-state index in [-0.39, 0.29) is 10.8 Å². The van der Waals surface area contributed by atoms with Gasteiger partial charge in [-0.15, -0.1) is 0 Å². The summed E-state index contributed by atoms with van der Waals surface area (Å²) < 4.78 is 0. The second-order valence-electron chi connectivity index (χ2n) is 6.05. The van der Waals surface area contributed by atoms with Crippen LogP contribution in [0.15, 0.2) is 28.5 Å². The number of hydrogen-bond donors (Lipinski definition) is 1. The van der Waals surface area contributed by atoms with Crippen molar-refractivity contribution in [2.45, 2.75) is 48.5 Å². The maximum Gasteiger partial charge on any atom is 0.0611 e. The quantitative estimate of drug-likeness (QED) is 0.707. The third-order valence-electron chi connectivity index (χ3n) is 2.45. The monoisotopic (exact) mass is 222 g/mol. The third-order valence-corrected chi connectivity index (χ3v) is 2.45. The molecule has 0 bridgehead atoms. The Hall–Kier alpha value is -1.05. The van der Waals surface area contributed by atoms with E-state index in [9.17, 15) is 0 Å². The molecule has 0 aliphatic rings. The Morgan fingerprint density at radius 3 is 1.75 bits per heavy atom. The van der Waals surface area contributed by atoms with Crippen molar-refractivity contribution in [3.8, 4) is 0 Å². The Labute approximate surface area is 100 Å². The highest BCUT2D eigenvalue weighted by Gasteiger charge is 2.17. The molecule has 2 nitrogen and oxygen atoms in total. The number of rotatable bonds is 2. The maximum atomic E-state index is 5.60. The molecule has 16 heavy (non-hydrogen) atoms. The van der Waals surface area contributed by atoms with Gasteiger partial charge in [-0.25, -0.2) is 0 Å². The van der Waals surface area contributed by atoms with Crippen LogP contribution in [-0.4, -0.2) is 6.21 Å². The molecule has 0 radical (unpaired) electrons. The minimum atomic E-state index is -0.0119. The van der Waals surface area contributed by atoms with Crippen LogP contribution in [0.4, 0.5) is 0 Å². The standard InChI is InChI=1S/C14H26N2/c1-8-11(13(2,3)4)10-16-12(9-15)14(5,6)7/h8-10H,15H2,1-7H3/b11-8+,12-9-,16-10-. The van der Waals surface area contributed by atoms with E-state index < -0.39 is 0 Å².